The summed E-state index contributed by atoms with van der Waals surface area (Å²) in [6.07, 6.45) is 0. The molecular formula is C9H11LiO. The average molecular weight is 142 g/mol. The normalized spacial score (nSPS) is 9.00. The Labute approximate surface area is 79.6 Å². The molecule has 0 radical (unpaired) electrons. The van der Waals surface area contributed by atoms with Gasteiger partial charge in [-0.3, -0.25) is 0 Å². The van der Waals surface area contributed by atoms with Crippen LogP contribution in [0.1, 0.15) is 16.7 Å². The zero-order valence-electron chi connectivity index (χ0n) is 7.56. The average Bonchev–Trinajstić information content (AvgIpc) is 1.93. The zero-order valence-corrected chi connectivity index (χ0v) is 7.56. The molecule has 11 heavy (non-hydrogen) atoms. The summed E-state index contributed by atoms with van der Waals surface area (Å²) in [5, 5.41) is 11.2. The first kappa shape index (κ1) is 10.6. The first-order valence-corrected chi connectivity index (χ1v) is 3.36. The van der Waals surface area contributed by atoms with Crippen LogP contribution in [0.15, 0.2) is 12.1 Å². The zero-order chi connectivity index (χ0) is 7.72. The minimum absolute atomic E-state index is 0. The van der Waals surface area contributed by atoms with Crippen molar-refractivity contribution in [2.75, 3.05) is 0 Å². The van der Waals surface area contributed by atoms with Gasteiger partial charge in [0.25, 0.3) is 0 Å². The maximum absolute atomic E-state index is 11.2. The van der Waals surface area contributed by atoms with Crippen LogP contribution < -0.4 is 24.0 Å². The fraction of sp³-hybridized carbons (Fsp3) is 0.333. The summed E-state index contributed by atoms with van der Waals surface area (Å²) in [7, 11) is 0. The number of hydrogen-bond donors (Lipinski definition) is 0. The molecule has 0 N–H and O–H groups in total. The van der Waals surface area contributed by atoms with Crippen molar-refractivity contribution in [3.8, 4) is 5.75 Å². The molecule has 0 spiro atoms. The van der Waals surface area contributed by atoms with E-state index >= 15 is 0 Å². The Morgan fingerprint density at radius 1 is 1.00 bits per heavy atom. The van der Waals surface area contributed by atoms with Gasteiger partial charge in [-0.1, -0.05) is 23.3 Å². The third kappa shape index (κ3) is 2.02. The molecule has 2 heteroatoms. The van der Waals surface area contributed by atoms with Gasteiger partial charge in [-0.2, -0.15) is 0 Å². The fourth-order valence-corrected chi connectivity index (χ4v) is 0.926. The fourth-order valence-electron chi connectivity index (χ4n) is 0.926. The third-order valence-electron chi connectivity index (χ3n) is 1.87. The van der Waals surface area contributed by atoms with Crippen LogP contribution in [0, 0.1) is 20.8 Å². The second-order valence-corrected chi connectivity index (χ2v) is 2.65. The third-order valence-corrected chi connectivity index (χ3v) is 1.87. The molecule has 0 saturated carbocycles. The van der Waals surface area contributed by atoms with E-state index in [1.165, 1.54) is 0 Å². The summed E-state index contributed by atoms with van der Waals surface area (Å²) in [5.41, 5.74) is 2.79. The van der Waals surface area contributed by atoms with Gasteiger partial charge in [0, 0.05) is 0 Å². The Morgan fingerprint density at radius 2 is 1.45 bits per heavy atom. The van der Waals surface area contributed by atoms with Gasteiger partial charge in [0.15, 0.2) is 0 Å². The van der Waals surface area contributed by atoms with Crippen LogP contribution in [-0.4, -0.2) is 0 Å². The summed E-state index contributed by atoms with van der Waals surface area (Å²) in [6, 6.07) is 3.84. The van der Waals surface area contributed by atoms with E-state index in [1.54, 1.807) is 0 Å². The van der Waals surface area contributed by atoms with E-state index in [1.807, 2.05) is 32.9 Å². The van der Waals surface area contributed by atoms with Crippen LogP contribution in [-0.2, 0) is 0 Å². The molecule has 0 atom stereocenters. The van der Waals surface area contributed by atoms with Crippen molar-refractivity contribution in [3.63, 3.8) is 0 Å². The van der Waals surface area contributed by atoms with Crippen LogP contribution in [0.4, 0.5) is 0 Å². The summed E-state index contributed by atoms with van der Waals surface area (Å²) in [5.74, 6) is 0.181. The first-order valence-electron chi connectivity index (χ1n) is 3.36. The van der Waals surface area contributed by atoms with Gasteiger partial charge < -0.3 is 5.11 Å². The van der Waals surface area contributed by atoms with Crippen molar-refractivity contribution in [3.05, 3.63) is 28.8 Å². The van der Waals surface area contributed by atoms with E-state index in [2.05, 4.69) is 0 Å². The van der Waals surface area contributed by atoms with E-state index in [4.69, 9.17) is 0 Å². The molecule has 0 aliphatic heterocycles. The maximum Gasteiger partial charge on any atom is 1.00 e. The molecule has 0 fully saturated rings. The molecule has 0 heterocycles. The summed E-state index contributed by atoms with van der Waals surface area (Å²) < 4.78 is 0. The topological polar surface area (TPSA) is 23.1 Å². The summed E-state index contributed by atoms with van der Waals surface area (Å²) in [6.45, 7) is 5.66. The van der Waals surface area contributed by atoms with E-state index in [0.717, 1.165) is 16.7 Å². The van der Waals surface area contributed by atoms with Crippen LogP contribution in [0.5, 0.6) is 5.75 Å². The van der Waals surface area contributed by atoms with Crippen LogP contribution >= 0.6 is 0 Å². The predicted octanol–water partition coefficient (Wildman–Crippen LogP) is -1.31. The van der Waals surface area contributed by atoms with E-state index in [9.17, 15) is 5.11 Å². The van der Waals surface area contributed by atoms with Gasteiger partial charge in [0.2, 0.25) is 0 Å². The van der Waals surface area contributed by atoms with E-state index < -0.39 is 0 Å². The Hall–Kier alpha value is -0.383. The van der Waals surface area contributed by atoms with Crippen LogP contribution in [0.3, 0.4) is 0 Å². The minimum atomic E-state index is 0. The standard InChI is InChI=1S/C9H12O.Li/c1-6-4-5-7(2)9(10)8(6)3;/h4-5,10H,1-3H3;/q;+1/p-1. The van der Waals surface area contributed by atoms with E-state index in [0.29, 0.717) is 0 Å². The smallest absolute Gasteiger partial charge is 0.872 e. The molecule has 0 aromatic heterocycles. The second-order valence-electron chi connectivity index (χ2n) is 2.65. The molecule has 0 aliphatic carbocycles. The molecular weight excluding hydrogens is 131 g/mol. The summed E-state index contributed by atoms with van der Waals surface area (Å²) in [4.78, 5) is 0. The minimum Gasteiger partial charge on any atom is -0.872 e. The molecule has 54 valence electrons. The SMILES string of the molecule is Cc1ccc(C)c([O-])c1C.[Li+]. The molecule has 0 saturated heterocycles. The monoisotopic (exact) mass is 142 g/mol. The number of aryl methyl sites for hydroxylation is 2. The maximum atomic E-state index is 11.2. The molecule has 1 rings (SSSR count). The Bertz CT molecular complexity index is 229. The van der Waals surface area contributed by atoms with Crippen molar-refractivity contribution in [1.29, 1.82) is 0 Å². The molecule has 1 aromatic rings. The molecule has 0 unspecified atom stereocenters. The summed E-state index contributed by atoms with van der Waals surface area (Å²) >= 11 is 0. The Balaban J connectivity index is 0.000001000. The number of hydrogen-bond acceptors (Lipinski definition) is 1. The van der Waals surface area contributed by atoms with Crippen molar-refractivity contribution in [1.82, 2.24) is 0 Å². The predicted molar refractivity (Wildman–Crippen MR) is 40.1 cm³/mol. The number of rotatable bonds is 0. The molecule has 0 bridgehead atoms. The molecule has 1 aromatic carbocycles. The van der Waals surface area contributed by atoms with Crippen molar-refractivity contribution in [2.24, 2.45) is 0 Å². The van der Waals surface area contributed by atoms with Gasteiger partial charge in [0.05, 0.1) is 0 Å². The molecule has 0 aliphatic rings. The van der Waals surface area contributed by atoms with E-state index in [-0.39, 0.29) is 24.6 Å². The Morgan fingerprint density at radius 3 is 1.91 bits per heavy atom. The molecule has 0 amide bonds. The quantitative estimate of drug-likeness (QED) is 0.412. The van der Waals surface area contributed by atoms with Gasteiger partial charge >= 0.3 is 18.9 Å². The van der Waals surface area contributed by atoms with Gasteiger partial charge in [0.1, 0.15) is 0 Å². The second kappa shape index (κ2) is 3.85. The van der Waals surface area contributed by atoms with Gasteiger partial charge in [-0.25, -0.2) is 0 Å². The number of benzene rings is 1. The van der Waals surface area contributed by atoms with Crippen molar-refractivity contribution >= 4 is 0 Å². The van der Waals surface area contributed by atoms with Gasteiger partial charge in [-0.15, -0.1) is 5.75 Å². The Kier molecular flexibility index (Phi) is 3.72. The van der Waals surface area contributed by atoms with Crippen LogP contribution in [0.25, 0.3) is 0 Å². The van der Waals surface area contributed by atoms with Gasteiger partial charge in [-0.05, 0) is 26.3 Å². The van der Waals surface area contributed by atoms with Crippen LogP contribution in [0.2, 0.25) is 0 Å². The molecule has 1 nitrogen and oxygen atoms in total. The van der Waals surface area contributed by atoms with Crippen molar-refractivity contribution < 1.29 is 24.0 Å². The first-order chi connectivity index (χ1) is 4.63. The van der Waals surface area contributed by atoms with Crippen molar-refractivity contribution in [2.45, 2.75) is 20.8 Å². The largest absolute Gasteiger partial charge is 1.00 e.